The number of fused-ring (bicyclic) bond motifs is 1. The fourth-order valence-electron chi connectivity index (χ4n) is 7.67. The van der Waals surface area contributed by atoms with Gasteiger partial charge in [-0.1, -0.05) is 127 Å². The molecule has 278 valence electrons. The van der Waals surface area contributed by atoms with Crippen molar-refractivity contribution in [2.75, 3.05) is 32.8 Å². The third kappa shape index (κ3) is 9.23. The average molecular weight is 758 g/mol. The van der Waals surface area contributed by atoms with E-state index in [9.17, 15) is 9.32 Å². The Morgan fingerprint density at radius 2 is 1.46 bits per heavy atom. The normalized spacial score (nSPS) is 14.1. The highest BCUT2D eigenvalue weighted by Crippen LogP contribution is 2.38. The van der Waals surface area contributed by atoms with Gasteiger partial charge in [0.15, 0.2) is 0 Å². The van der Waals surface area contributed by atoms with Gasteiger partial charge in [0.1, 0.15) is 5.76 Å². The summed E-state index contributed by atoms with van der Waals surface area (Å²) < 4.78 is 25.2. The van der Waals surface area contributed by atoms with Crippen LogP contribution in [-0.4, -0.2) is 51.6 Å². The molecule has 0 spiro atoms. The molecule has 1 saturated heterocycles. The van der Waals surface area contributed by atoms with Crippen LogP contribution >= 0.6 is 11.6 Å². The first kappa shape index (κ1) is 37.8. The number of nitrogens with one attached hydrogen (secondary N) is 1. The smallest absolute Gasteiger partial charge is 0.115 e. The van der Waals surface area contributed by atoms with E-state index in [-0.39, 0.29) is 11.8 Å². The van der Waals surface area contributed by atoms with E-state index in [0.29, 0.717) is 23.7 Å². The molecular formula is C46H48ClN3O3S. The van der Waals surface area contributed by atoms with E-state index in [1.54, 1.807) is 0 Å². The second kappa shape index (κ2) is 18.2. The number of ether oxygens (including phenoxy) is 1. The number of aromatic nitrogens is 1. The van der Waals surface area contributed by atoms with Gasteiger partial charge < -0.3 is 14.4 Å². The number of hydrogen-bond donors (Lipinski definition) is 2. The van der Waals surface area contributed by atoms with Crippen LogP contribution in [0, 0.1) is 0 Å². The van der Waals surface area contributed by atoms with Crippen molar-refractivity contribution < 1.29 is 14.1 Å². The van der Waals surface area contributed by atoms with Crippen molar-refractivity contribution in [3.63, 3.8) is 0 Å². The average Bonchev–Trinajstić information content (AvgIpc) is 3.48. The summed E-state index contributed by atoms with van der Waals surface area (Å²) in [5, 5.41) is 11.7. The summed E-state index contributed by atoms with van der Waals surface area (Å²) in [7, 11) is -1.26. The molecule has 2 heterocycles. The molecule has 0 amide bonds. The van der Waals surface area contributed by atoms with Crippen LogP contribution in [0.15, 0.2) is 134 Å². The van der Waals surface area contributed by atoms with Crippen LogP contribution in [0.3, 0.4) is 0 Å². The van der Waals surface area contributed by atoms with Crippen molar-refractivity contribution in [2.24, 2.45) is 0 Å². The molecule has 54 heavy (non-hydrogen) atoms. The molecule has 1 atom stereocenters. The van der Waals surface area contributed by atoms with E-state index in [1.165, 1.54) is 33.5 Å². The Kier molecular flexibility index (Phi) is 12.8. The molecule has 6 aromatic rings. The first-order chi connectivity index (χ1) is 26.4. The van der Waals surface area contributed by atoms with Gasteiger partial charge in [0.05, 0.1) is 36.0 Å². The SMILES string of the molecule is C=C(O)c1ccc(CCCc2c(CCNS(=O)Cc3ccccc3CN3CCOCC3)n(C(c3ccccc3)c3ccccc3)c3ccc(Cl)cc23)cc1. The van der Waals surface area contributed by atoms with Gasteiger partial charge in [0, 0.05) is 59.8 Å². The van der Waals surface area contributed by atoms with Crippen molar-refractivity contribution >= 4 is 39.2 Å². The lowest BCUT2D eigenvalue weighted by Gasteiger charge is -2.27. The largest absolute Gasteiger partial charge is 0.508 e. The molecule has 1 aliphatic rings. The molecule has 1 fully saturated rings. The molecular weight excluding hydrogens is 710 g/mol. The number of aliphatic hydroxyl groups is 1. The Hall–Kier alpha value is -4.50. The molecule has 0 bridgehead atoms. The predicted molar refractivity (Wildman–Crippen MR) is 223 cm³/mol. The lowest BCUT2D eigenvalue weighted by Crippen LogP contribution is -2.36. The summed E-state index contributed by atoms with van der Waals surface area (Å²) in [6, 6.07) is 43.9. The number of aryl methyl sites for hydroxylation is 2. The molecule has 6 nitrogen and oxygen atoms in total. The lowest BCUT2D eigenvalue weighted by molar-refractivity contribution is 0.0341. The van der Waals surface area contributed by atoms with Gasteiger partial charge in [0.25, 0.3) is 0 Å². The van der Waals surface area contributed by atoms with Gasteiger partial charge in [-0.2, -0.15) is 0 Å². The van der Waals surface area contributed by atoms with Gasteiger partial charge in [-0.3, -0.25) is 4.90 Å². The molecule has 7 rings (SSSR count). The summed E-state index contributed by atoms with van der Waals surface area (Å²) in [6.07, 6.45) is 3.35. The Bertz CT molecular complexity index is 2140. The monoisotopic (exact) mass is 757 g/mol. The van der Waals surface area contributed by atoms with E-state index >= 15 is 0 Å². The quantitative estimate of drug-likeness (QED) is 0.0966. The van der Waals surface area contributed by atoms with Crippen LogP contribution in [-0.2, 0) is 47.3 Å². The van der Waals surface area contributed by atoms with Crippen LogP contribution in [0.25, 0.3) is 16.7 Å². The van der Waals surface area contributed by atoms with E-state index in [1.807, 2.05) is 24.3 Å². The van der Waals surface area contributed by atoms with Crippen LogP contribution in [0.5, 0.6) is 0 Å². The van der Waals surface area contributed by atoms with Gasteiger partial charge in [0.2, 0.25) is 0 Å². The maximum atomic E-state index is 13.7. The summed E-state index contributed by atoms with van der Waals surface area (Å²) in [5.74, 6) is 0.527. The van der Waals surface area contributed by atoms with Crippen molar-refractivity contribution in [2.45, 2.75) is 44.0 Å². The standard InChI is InChI=1S/C46H48ClN3O3S/c1-34(51)36-21-19-35(20-22-36)11-10-18-42-43-31-41(47)23-24-44(43)50(46(37-12-4-2-5-13-37)38-14-6-3-7-15-38)45(42)25-26-48-54(52)33-40-17-9-8-16-39(40)32-49-27-29-53-30-28-49/h2-9,12-17,19-24,31,46,48,51H,1,10-11,18,25-30,32-33H2. The number of rotatable bonds is 16. The molecule has 1 aliphatic heterocycles. The van der Waals surface area contributed by atoms with Crippen molar-refractivity contribution in [3.8, 4) is 0 Å². The van der Waals surface area contributed by atoms with Gasteiger partial charge >= 0.3 is 0 Å². The first-order valence-electron chi connectivity index (χ1n) is 18.8. The van der Waals surface area contributed by atoms with Crippen molar-refractivity contribution in [1.29, 1.82) is 0 Å². The highest BCUT2D eigenvalue weighted by Gasteiger charge is 2.25. The van der Waals surface area contributed by atoms with Crippen LogP contribution < -0.4 is 4.72 Å². The summed E-state index contributed by atoms with van der Waals surface area (Å²) in [6.45, 7) is 8.38. The fourth-order valence-corrected chi connectivity index (χ4v) is 8.84. The molecule has 0 radical (unpaired) electrons. The predicted octanol–water partition coefficient (Wildman–Crippen LogP) is 9.46. The summed E-state index contributed by atoms with van der Waals surface area (Å²) >= 11 is 6.73. The van der Waals surface area contributed by atoms with Crippen molar-refractivity contribution in [3.05, 3.63) is 184 Å². The van der Waals surface area contributed by atoms with Crippen molar-refractivity contribution in [1.82, 2.24) is 14.2 Å². The molecule has 1 unspecified atom stereocenters. The molecule has 8 heteroatoms. The number of hydrogen-bond acceptors (Lipinski definition) is 4. The Morgan fingerprint density at radius 3 is 2.13 bits per heavy atom. The highest BCUT2D eigenvalue weighted by atomic mass is 35.5. The van der Waals surface area contributed by atoms with Gasteiger partial charge in [-0.15, -0.1) is 0 Å². The Balaban J connectivity index is 1.20. The fraction of sp³-hybridized carbons (Fsp3) is 0.261. The van der Waals surface area contributed by atoms with Crippen LogP contribution in [0.4, 0.5) is 0 Å². The maximum Gasteiger partial charge on any atom is 0.115 e. The molecule has 0 saturated carbocycles. The summed E-state index contributed by atoms with van der Waals surface area (Å²) in [5.41, 5.74) is 10.3. The van der Waals surface area contributed by atoms with Crippen LogP contribution in [0.1, 0.15) is 57.1 Å². The zero-order valence-corrected chi connectivity index (χ0v) is 32.2. The minimum absolute atomic E-state index is 0.0727. The van der Waals surface area contributed by atoms with Crippen LogP contribution in [0.2, 0.25) is 5.02 Å². The molecule has 5 aromatic carbocycles. The van der Waals surface area contributed by atoms with E-state index in [4.69, 9.17) is 16.3 Å². The number of nitrogens with zero attached hydrogens (tertiary/aromatic N) is 2. The Morgan fingerprint density at radius 1 is 0.815 bits per heavy atom. The topological polar surface area (TPSA) is 66.7 Å². The van der Waals surface area contributed by atoms with E-state index < -0.39 is 11.0 Å². The number of aliphatic hydroxyl groups excluding tert-OH is 1. The van der Waals surface area contributed by atoms with Gasteiger partial charge in [-0.25, -0.2) is 8.93 Å². The first-order valence-corrected chi connectivity index (χ1v) is 20.5. The second-order valence-electron chi connectivity index (χ2n) is 14.0. The number of halogens is 1. The third-order valence-corrected chi connectivity index (χ3v) is 11.7. The lowest BCUT2D eigenvalue weighted by atomic mass is 9.97. The Labute approximate surface area is 326 Å². The zero-order valence-electron chi connectivity index (χ0n) is 30.6. The minimum Gasteiger partial charge on any atom is -0.508 e. The number of morpholine rings is 1. The van der Waals surface area contributed by atoms with Gasteiger partial charge in [-0.05, 0) is 70.8 Å². The summed E-state index contributed by atoms with van der Waals surface area (Å²) in [4.78, 5) is 2.41. The second-order valence-corrected chi connectivity index (χ2v) is 15.7. The third-order valence-electron chi connectivity index (χ3n) is 10.4. The molecule has 2 N–H and O–H groups in total. The van der Waals surface area contributed by atoms with E-state index in [0.717, 1.165) is 74.1 Å². The number of benzene rings is 5. The highest BCUT2D eigenvalue weighted by molar-refractivity contribution is 7.82. The zero-order chi connectivity index (χ0) is 37.3. The maximum absolute atomic E-state index is 13.7. The van der Waals surface area contributed by atoms with E-state index in [2.05, 4.69) is 124 Å². The molecule has 1 aromatic heterocycles. The molecule has 0 aliphatic carbocycles. The minimum atomic E-state index is -1.26.